The van der Waals surface area contributed by atoms with Crippen molar-refractivity contribution in [2.45, 2.75) is 19.9 Å². The van der Waals surface area contributed by atoms with Crippen LogP contribution >= 0.6 is 11.3 Å². The fraction of sp³-hybridized carbons (Fsp3) is 0.286. The van der Waals surface area contributed by atoms with Crippen LogP contribution in [0.4, 0.5) is 15.6 Å². The van der Waals surface area contributed by atoms with Gasteiger partial charge in [-0.05, 0) is 31.2 Å². The first-order valence-electron chi connectivity index (χ1n) is 6.50. The van der Waals surface area contributed by atoms with Gasteiger partial charge in [0.15, 0.2) is 5.13 Å². The number of nitrogens with one attached hydrogen (secondary N) is 3. The first-order chi connectivity index (χ1) is 9.69. The number of anilines is 2. The predicted octanol–water partition coefficient (Wildman–Crippen LogP) is 3.46. The van der Waals surface area contributed by atoms with Gasteiger partial charge >= 0.3 is 6.03 Å². The Balaban J connectivity index is 1.98. The zero-order valence-corrected chi connectivity index (χ0v) is 12.3. The zero-order chi connectivity index (χ0) is 14.4. The number of hydrogen-bond donors (Lipinski definition) is 3. The van der Waals surface area contributed by atoms with Crippen LogP contribution in [0.1, 0.15) is 25.5 Å². The van der Waals surface area contributed by atoms with Crippen molar-refractivity contribution in [2.75, 3.05) is 17.2 Å². The second kappa shape index (κ2) is 7.02. The number of rotatable bonds is 5. The third kappa shape index (κ3) is 4.04. The van der Waals surface area contributed by atoms with Crippen LogP contribution in [0.2, 0.25) is 0 Å². The van der Waals surface area contributed by atoms with Crippen LogP contribution in [0.15, 0.2) is 35.8 Å². The van der Waals surface area contributed by atoms with E-state index in [9.17, 15) is 4.79 Å². The molecule has 0 aliphatic carbocycles. The van der Waals surface area contributed by atoms with Crippen LogP contribution in [0.5, 0.6) is 0 Å². The Labute approximate surface area is 122 Å². The topological polar surface area (TPSA) is 66.0 Å². The highest BCUT2D eigenvalue weighted by atomic mass is 32.1. The summed E-state index contributed by atoms with van der Waals surface area (Å²) in [5, 5.41) is 11.2. The smallest absolute Gasteiger partial charge is 0.310 e. The molecular formula is C14H18N4OS. The van der Waals surface area contributed by atoms with Crippen molar-refractivity contribution < 1.29 is 4.79 Å². The Kier molecular flexibility index (Phi) is 5.09. The lowest BCUT2D eigenvalue weighted by molar-refractivity contribution is 0.262. The molecule has 1 heterocycles. The van der Waals surface area contributed by atoms with Gasteiger partial charge in [-0.1, -0.05) is 19.1 Å². The van der Waals surface area contributed by atoms with Gasteiger partial charge in [0.25, 0.3) is 0 Å². The van der Waals surface area contributed by atoms with Crippen LogP contribution in [-0.4, -0.2) is 17.6 Å². The second-order valence-corrected chi connectivity index (χ2v) is 5.22. The highest BCUT2D eigenvalue weighted by molar-refractivity contribution is 7.13. The van der Waals surface area contributed by atoms with Crippen molar-refractivity contribution in [1.82, 2.24) is 10.3 Å². The summed E-state index contributed by atoms with van der Waals surface area (Å²) in [7, 11) is 0. The van der Waals surface area contributed by atoms with Gasteiger partial charge in [0.05, 0.1) is 0 Å². The van der Waals surface area contributed by atoms with E-state index in [-0.39, 0.29) is 12.1 Å². The van der Waals surface area contributed by atoms with Crippen LogP contribution in [0.25, 0.3) is 0 Å². The van der Waals surface area contributed by atoms with Gasteiger partial charge in [0, 0.05) is 23.3 Å². The van der Waals surface area contributed by atoms with Gasteiger partial charge in [-0.25, -0.2) is 9.78 Å². The summed E-state index contributed by atoms with van der Waals surface area (Å²) in [5.74, 6) is 0. The molecule has 0 aliphatic rings. The van der Waals surface area contributed by atoms with Gasteiger partial charge in [0.1, 0.15) is 0 Å². The highest BCUT2D eigenvalue weighted by Gasteiger charge is 2.07. The van der Waals surface area contributed by atoms with E-state index >= 15 is 0 Å². The minimum Gasteiger partial charge on any atom is -0.310 e. The molecule has 20 heavy (non-hydrogen) atoms. The minimum atomic E-state index is -0.284. The normalized spacial score (nSPS) is 11.9. The standard InChI is InChI=1S/C14H18N4OS/c1-3-15-10(2)11-5-4-6-12(9-11)17-13(19)18-14-16-7-8-20-14/h4-10,15H,3H2,1-2H3,(H2,16,17,18,19). The zero-order valence-electron chi connectivity index (χ0n) is 11.5. The predicted molar refractivity (Wildman–Crippen MR) is 83.3 cm³/mol. The number of benzene rings is 1. The van der Waals surface area contributed by atoms with Gasteiger partial charge < -0.3 is 10.6 Å². The lowest BCUT2D eigenvalue weighted by atomic mass is 10.1. The number of urea groups is 1. The summed E-state index contributed by atoms with van der Waals surface area (Å²) >= 11 is 1.38. The molecule has 0 aliphatic heterocycles. The Bertz CT molecular complexity index is 556. The van der Waals surface area contributed by atoms with Crippen LogP contribution in [0, 0.1) is 0 Å². The minimum absolute atomic E-state index is 0.253. The van der Waals surface area contributed by atoms with Crippen LogP contribution in [-0.2, 0) is 0 Å². The van der Waals surface area contributed by atoms with Crippen molar-refractivity contribution in [2.24, 2.45) is 0 Å². The van der Waals surface area contributed by atoms with Crippen LogP contribution in [0.3, 0.4) is 0 Å². The fourth-order valence-electron chi connectivity index (χ4n) is 1.85. The van der Waals surface area contributed by atoms with Crippen molar-refractivity contribution in [3.63, 3.8) is 0 Å². The molecule has 1 aromatic carbocycles. The van der Waals surface area contributed by atoms with Gasteiger partial charge in [0.2, 0.25) is 0 Å². The van der Waals surface area contributed by atoms with E-state index in [1.807, 2.05) is 29.6 Å². The fourth-order valence-corrected chi connectivity index (χ4v) is 2.38. The van der Waals surface area contributed by atoms with E-state index in [1.165, 1.54) is 11.3 Å². The van der Waals surface area contributed by atoms with Gasteiger partial charge in [-0.15, -0.1) is 11.3 Å². The molecule has 106 valence electrons. The van der Waals surface area contributed by atoms with E-state index in [2.05, 4.69) is 34.8 Å². The third-order valence-electron chi connectivity index (χ3n) is 2.81. The highest BCUT2D eigenvalue weighted by Crippen LogP contribution is 2.18. The monoisotopic (exact) mass is 290 g/mol. The van der Waals surface area contributed by atoms with E-state index in [0.717, 1.165) is 17.8 Å². The molecule has 6 heteroatoms. The Morgan fingerprint density at radius 2 is 2.25 bits per heavy atom. The maximum Gasteiger partial charge on any atom is 0.325 e. The molecule has 0 radical (unpaired) electrons. The molecule has 3 N–H and O–H groups in total. The number of thiazole rings is 1. The quantitative estimate of drug-likeness (QED) is 0.790. The average molecular weight is 290 g/mol. The molecular weight excluding hydrogens is 272 g/mol. The molecule has 0 saturated heterocycles. The Morgan fingerprint density at radius 3 is 2.95 bits per heavy atom. The number of amides is 2. The second-order valence-electron chi connectivity index (χ2n) is 4.32. The number of carbonyl (C=O) groups excluding carboxylic acids is 1. The number of nitrogens with zero attached hydrogens (tertiary/aromatic N) is 1. The summed E-state index contributed by atoms with van der Waals surface area (Å²) in [5.41, 5.74) is 1.90. The first kappa shape index (κ1) is 14.5. The number of aromatic nitrogens is 1. The van der Waals surface area contributed by atoms with Crippen molar-refractivity contribution in [3.8, 4) is 0 Å². The molecule has 5 nitrogen and oxygen atoms in total. The van der Waals surface area contributed by atoms with E-state index in [0.29, 0.717) is 5.13 Å². The Hall–Kier alpha value is -1.92. The van der Waals surface area contributed by atoms with E-state index in [4.69, 9.17) is 0 Å². The molecule has 2 rings (SSSR count). The summed E-state index contributed by atoms with van der Waals surface area (Å²) in [6.45, 7) is 5.07. The lowest BCUT2D eigenvalue weighted by Gasteiger charge is -2.14. The number of hydrogen-bond acceptors (Lipinski definition) is 4. The summed E-state index contributed by atoms with van der Waals surface area (Å²) < 4.78 is 0. The molecule has 0 spiro atoms. The largest absolute Gasteiger partial charge is 0.325 e. The third-order valence-corrected chi connectivity index (χ3v) is 3.50. The molecule has 1 atom stereocenters. The SMILES string of the molecule is CCNC(C)c1cccc(NC(=O)Nc2nccs2)c1. The van der Waals surface area contributed by atoms with Gasteiger partial charge in [-0.2, -0.15) is 0 Å². The lowest BCUT2D eigenvalue weighted by Crippen LogP contribution is -2.20. The van der Waals surface area contributed by atoms with E-state index in [1.54, 1.807) is 6.20 Å². The van der Waals surface area contributed by atoms with Gasteiger partial charge in [-0.3, -0.25) is 5.32 Å². The van der Waals surface area contributed by atoms with E-state index < -0.39 is 0 Å². The molecule has 2 aromatic rings. The van der Waals surface area contributed by atoms with Crippen LogP contribution < -0.4 is 16.0 Å². The molecule has 1 aromatic heterocycles. The van der Waals surface area contributed by atoms with Crippen molar-refractivity contribution in [3.05, 3.63) is 41.4 Å². The summed E-state index contributed by atoms with van der Waals surface area (Å²) in [6.07, 6.45) is 1.65. The molecule has 1 unspecified atom stereocenters. The molecule has 0 saturated carbocycles. The molecule has 0 fully saturated rings. The Morgan fingerprint density at radius 1 is 1.40 bits per heavy atom. The maximum absolute atomic E-state index is 11.8. The maximum atomic E-state index is 11.8. The molecule has 2 amide bonds. The summed E-state index contributed by atoms with van der Waals surface area (Å²) in [6, 6.07) is 7.77. The molecule has 0 bridgehead atoms. The van der Waals surface area contributed by atoms with Crippen molar-refractivity contribution in [1.29, 1.82) is 0 Å². The first-order valence-corrected chi connectivity index (χ1v) is 7.38. The summed E-state index contributed by atoms with van der Waals surface area (Å²) in [4.78, 5) is 15.8. The van der Waals surface area contributed by atoms with Crippen molar-refractivity contribution >= 4 is 28.2 Å². The number of carbonyl (C=O) groups is 1. The average Bonchev–Trinajstić information content (AvgIpc) is 2.92.